The van der Waals surface area contributed by atoms with Crippen LogP contribution in [0.5, 0.6) is 0 Å². The molecule has 0 aliphatic carbocycles. The zero-order valence-electron chi connectivity index (χ0n) is 11.2. The molecule has 0 saturated carbocycles. The molecule has 0 spiro atoms. The van der Waals surface area contributed by atoms with E-state index in [1.54, 1.807) is 0 Å². The smallest absolute Gasteiger partial charge is 0.238 e. The van der Waals surface area contributed by atoms with Crippen LogP contribution in [-0.2, 0) is 4.79 Å². The van der Waals surface area contributed by atoms with Gasteiger partial charge in [0.05, 0.1) is 6.54 Å². The first-order valence-corrected chi connectivity index (χ1v) is 6.43. The number of amides is 1. The summed E-state index contributed by atoms with van der Waals surface area (Å²) in [4.78, 5) is 14.0. The first-order chi connectivity index (χ1) is 8.65. The van der Waals surface area contributed by atoms with Crippen molar-refractivity contribution >= 4 is 11.6 Å². The van der Waals surface area contributed by atoms with Crippen molar-refractivity contribution in [1.29, 1.82) is 0 Å². The highest BCUT2D eigenvalue weighted by molar-refractivity contribution is 5.92. The lowest BCUT2D eigenvalue weighted by atomic mass is 10.1. The van der Waals surface area contributed by atoms with E-state index in [-0.39, 0.29) is 5.91 Å². The predicted molar refractivity (Wildman–Crippen MR) is 75.4 cm³/mol. The van der Waals surface area contributed by atoms with Crippen LogP contribution in [0.4, 0.5) is 5.69 Å². The molecule has 0 aliphatic rings. The number of nitrogens with two attached hydrogens (primary N) is 1. The number of benzene rings is 1. The molecule has 3 N–H and O–H groups in total. The molecule has 0 aromatic heterocycles. The molecule has 0 radical (unpaired) electrons. The molecule has 0 saturated heterocycles. The molecule has 1 unspecified atom stereocenters. The minimum atomic E-state index is 0.0206. The molecule has 1 rings (SSSR count). The molecule has 4 nitrogen and oxygen atoms in total. The highest BCUT2D eigenvalue weighted by Crippen LogP contribution is 2.05. The average molecular weight is 249 g/mol. The van der Waals surface area contributed by atoms with Crippen LogP contribution in [0.1, 0.15) is 13.8 Å². The molecule has 1 aromatic carbocycles. The van der Waals surface area contributed by atoms with Gasteiger partial charge in [-0.2, -0.15) is 0 Å². The van der Waals surface area contributed by atoms with Crippen LogP contribution in [0.25, 0.3) is 0 Å². The van der Waals surface area contributed by atoms with E-state index < -0.39 is 0 Å². The highest BCUT2D eigenvalue weighted by Gasteiger charge is 2.11. The number of carbonyl (C=O) groups is 1. The summed E-state index contributed by atoms with van der Waals surface area (Å²) in [6.07, 6.45) is 0. The molecule has 0 bridgehead atoms. The summed E-state index contributed by atoms with van der Waals surface area (Å²) in [6, 6.07) is 9.51. The first kappa shape index (κ1) is 14.7. The van der Waals surface area contributed by atoms with Gasteiger partial charge in [-0.3, -0.25) is 9.69 Å². The Bertz CT molecular complexity index is 353. The minimum absolute atomic E-state index is 0.0206. The molecule has 100 valence electrons. The van der Waals surface area contributed by atoms with Gasteiger partial charge in [0.1, 0.15) is 0 Å². The van der Waals surface area contributed by atoms with Crippen LogP contribution in [0.15, 0.2) is 30.3 Å². The monoisotopic (exact) mass is 249 g/mol. The van der Waals surface area contributed by atoms with Crippen LogP contribution >= 0.6 is 0 Å². The number of nitrogens with one attached hydrogen (secondary N) is 1. The van der Waals surface area contributed by atoms with Crippen molar-refractivity contribution in [3.8, 4) is 0 Å². The summed E-state index contributed by atoms with van der Waals surface area (Å²) in [5, 5.41) is 2.89. The SMILES string of the molecule is CCN(CC(=O)Nc1ccccc1)CC(C)CN. The molecule has 1 amide bonds. The van der Waals surface area contributed by atoms with E-state index in [2.05, 4.69) is 24.1 Å². The Labute approximate surface area is 109 Å². The highest BCUT2D eigenvalue weighted by atomic mass is 16.2. The van der Waals surface area contributed by atoms with Gasteiger partial charge in [-0.05, 0) is 31.1 Å². The lowest BCUT2D eigenvalue weighted by Gasteiger charge is -2.22. The summed E-state index contributed by atoms with van der Waals surface area (Å²) in [7, 11) is 0. The second kappa shape index (κ2) is 7.84. The molecular formula is C14H23N3O. The van der Waals surface area contributed by atoms with Crippen molar-refractivity contribution in [3.63, 3.8) is 0 Å². The molecule has 0 fully saturated rings. The number of nitrogens with zero attached hydrogens (tertiary/aromatic N) is 1. The standard InChI is InChI=1S/C14H23N3O/c1-3-17(10-12(2)9-15)11-14(18)16-13-7-5-4-6-8-13/h4-8,12H,3,9-11,15H2,1-2H3,(H,16,18). The maximum Gasteiger partial charge on any atom is 0.238 e. The Morgan fingerprint density at radius 3 is 2.61 bits per heavy atom. The van der Waals surface area contributed by atoms with Crippen LogP contribution in [0.3, 0.4) is 0 Å². The van der Waals surface area contributed by atoms with Crippen molar-refractivity contribution in [2.45, 2.75) is 13.8 Å². The van der Waals surface area contributed by atoms with E-state index in [0.717, 1.165) is 18.8 Å². The number of anilines is 1. The van der Waals surface area contributed by atoms with Crippen molar-refractivity contribution in [3.05, 3.63) is 30.3 Å². The van der Waals surface area contributed by atoms with E-state index in [4.69, 9.17) is 5.73 Å². The van der Waals surface area contributed by atoms with Crippen LogP contribution in [-0.4, -0.2) is 37.0 Å². The fourth-order valence-corrected chi connectivity index (χ4v) is 1.75. The van der Waals surface area contributed by atoms with Crippen molar-refractivity contribution in [2.24, 2.45) is 11.7 Å². The third kappa shape index (κ3) is 5.29. The van der Waals surface area contributed by atoms with Crippen LogP contribution < -0.4 is 11.1 Å². The maximum atomic E-state index is 11.9. The van der Waals surface area contributed by atoms with Crippen molar-refractivity contribution in [1.82, 2.24) is 4.90 Å². The zero-order valence-corrected chi connectivity index (χ0v) is 11.2. The van der Waals surface area contributed by atoms with Crippen LogP contribution in [0, 0.1) is 5.92 Å². The molecule has 1 atom stereocenters. The predicted octanol–water partition coefficient (Wildman–Crippen LogP) is 1.54. The Hall–Kier alpha value is -1.39. The summed E-state index contributed by atoms with van der Waals surface area (Å²) in [5.74, 6) is 0.432. The Balaban J connectivity index is 2.42. The molecular weight excluding hydrogens is 226 g/mol. The number of rotatable bonds is 7. The fourth-order valence-electron chi connectivity index (χ4n) is 1.75. The average Bonchev–Trinajstić information content (AvgIpc) is 2.38. The first-order valence-electron chi connectivity index (χ1n) is 6.43. The second-order valence-corrected chi connectivity index (χ2v) is 4.58. The quantitative estimate of drug-likeness (QED) is 0.770. The normalized spacial score (nSPS) is 12.4. The summed E-state index contributed by atoms with van der Waals surface area (Å²) >= 11 is 0. The zero-order chi connectivity index (χ0) is 13.4. The summed E-state index contributed by atoms with van der Waals surface area (Å²) < 4.78 is 0. The van der Waals surface area contributed by atoms with Gasteiger partial charge in [-0.1, -0.05) is 32.0 Å². The number of hydrogen-bond donors (Lipinski definition) is 2. The third-order valence-corrected chi connectivity index (χ3v) is 2.84. The molecule has 4 heteroatoms. The van der Waals surface area contributed by atoms with E-state index >= 15 is 0 Å². The van der Waals surface area contributed by atoms with Gasteiger partial charge < -0.3 is 11.1 Å². The van der Waals surface area contributed by atoms with E-state index in [1.165, 1.54) is 0 Å². The van der Waals surface area contributed by atoms with Gasteiger partial charge in [-0.25, -0.2) is 0 Å². The number of para-hydroxylation sites is 1. The van der Waals surface area contributed by atoms with Crippen molar-refractivity contribution in [2.75, 3.05) is 31.5 Å². The molecule has 0 aliphatic heterocycles. The summed E-state index contributed by atoms with van der Waals surface area (Å²) in [6.45, 7) is 6.92. The van der Waals surface area contributed by atoms with E-state index in [1.807, 2.05) is 30.3 Å². The maximum absolute atomic E-state index is 11.9. The van der Waals surface area contributed by atoms with Gasteiger partial charge in [0.15, 0.2) is 0 Å². The van der Waals surface area contributed by atoms with Gasteiger partial charge >= 0.3 is 0 Å². The van der Waals surface area contributed by atoms with E-state index in [9.17, 15) is 4.79 Å². The Kier molecular flexibility index (Phi) is 6.39. The second-order valence-electron chi connectivity index (χ2n) is 4.58. The molecule has 0 heterocycles. The third-order valence-electron chi connectivity index (χ3n) is 2.84. The number of hydrogen-bond acceptors (Lipinski definition) is 3. The van der Waals surface area contributed by atoms with Gasteiger partial charge in [0.2, 0.25) is 5.91 Å². The topological polar surface area (TPSA) is 58.4 Å². The fraction of sp³-hybridized carbons (Fsp3) is 0.500. The lowest BCUT2D eigenvalue weighted by Crippen LogP contribution is -2.37. The van der Waals surface area contributed by atoms with Crippen molar-refractivity contribution < 1.29 is 4.79 Å². The number of carbonyl (C=O) groups excluding carboxylic acids is 1. The largest absolute Gasteiger partial charge is 0.330 e. The lowest BCUT2D eigenvalue weighted by molar-refractivity contribution is -0.117. The van der Waals surface area contributed by atoms with Gasteiger partial charge in [-0.15, -0.1) is 0 Å². The molecule has 18 heavy (non-hydrogen) atoms. The number of likely N-dealkylation sites (N-methyl/N-ethyl adjacent to an activating group) is 1. The minimum Gasteiger partial charge on any atom is -0.330 e. The molecule has 1 aromatic rings. The van der Waals surface area contributed by atoms with Gasteiger partial charge in [0.25, 0.3) is 0 Å². The Morgan fingerprint density at radius 1 is 1.39 bits per heavy atom. The Morgan fingerprint density at radius 2 is 2.06 bits per heavy atom. The van der Waals surface area contributed by atoms with E-state index in [0.29, 0.717) is 19.0 Å². The van der Waals surface area contributed by atoms with Crippen LogP contribution in [0.2, 0.25) is 0 Å². The van der Waals surface area contributed by atoms with Gasteiger partial charge in [0, 0.05) is 12.2 Å². The summed E-state index contributed by atoms with van der Waals surface area (Å²) in [5.41, 5.74) is 6.44.